The predicted molar refractivity (Wildman–Crippen MR) is 49.7 cm³/mol. The molecule has 0 spiro atoms. The number of carboxylic acids is 1. The molecule has 0 radical (unpaired) electrons. The summed E-state index contributed by atoms with van der Waals surface area (Å²) in [7, 11) is 1.58. The first-order chi connectivity index (χ1) is 6.74. The van der Waals surface area contributed by atoms with Crippen molar-refractivity contribution in [2.24, 2.45) is 0 Å². The number of carbonyl (C=O) groups excluding carboxylic acids is 1. The molecule has 1 N–H and O–H groups in total. The van der Waals surface area contributed by atoms with Crippen molar-refractivity contribution in [2.45, 2.75) is 6.54 Å². The molecule has 0 aromatic heterocycles. The van der Waals surface area contributed by atoms with Crippen LogP contribution in [0.2, 0.25) is 0 Å². The normalized spacial score (nSPS) is 9.13. The Balaban J connectivity index is 0.00000196. The summed E-state index contributed by atoms with van der Waals surface area (Å²) in [5.41, 5.74) is 0.927. The van der Waals surface area contributed by atoms with Crippen LogP contribution in [0.4, 0.5) is 0 Å². The Morgan fingerprint density at radius 3 is 2.73 bits per heavy atom. The summed E-state index contributed by atoms with van der Waals surface area (Å²) in [4.78, 5) is 10.1. The quantitative estimate of drug-likeness (QED) is 0.521. The molecule has 0 saturated carbocycles. The van der Waals surface area contributed by atoms with Crippen LogP contribution in [0.3, 0.4) is 0 Å². The average Bonchev–Trinajstić information content (AvgIpc) is 2.18. The van der Waals surface area contributed by atoms with Gasteiger partial charge in [-0.15, -0.1) is 0 Å². The molecular weight excluding hydrogens is 205 g/mol. The van der Waals surface area contributed by atoms with Gasteiger partial charge < -0.3 is 20.0 Å². The van der Waals surface area contributed by atoms with Crippen molar-refractivity contribution in [3.8, 4) is 5.75 Å². The third kappa shape index (κ3) is 5.18. The van der Waals surface area contributed by atoms with Crippen molar-refractivity contribution in [3.05, 3.63) is 29.8 Å². The van der Waals surface area contributed by atoms with Gasteiger partial charge in [0.2, 0.25) is 0 Å². The maximum absolute atomic E-state index is 10.1. The van der Waals surface area contributed by atoms with Gasteiger partial charge in [0.05, 0.1) is 13.1 Å². The molecule has 0 unspecified atom stereocenters. The predicted octanol–water partition coefficient (Wildman–Crippen LogP) is -3.46. The Bertz CT molecular complexity index is 317. The van der Waals surface area contributed by atoms with E-state index in [4.69, 9.17) is 4.74 Å². The first kappa shape index (κ1) is 14.5. The van der Waals surface area contributed by atoms with Gasteiger partial charge in [-0.2, -0.15) is 0 Å². The van der Waals surface area contributed by atoms with Crippen LogP contribution in [-0.2, 0) is 11.3 Å². The number of nitrogens with one attached hydrogen (secondary N) is 1. The van der Waals surface area contributed by atoms with Crippen LogP contribution < -0.4 is 44.7 Å². The second-order valence-corrected chi connectivity index (χ2v) is 2.79. The first-order valence-corrected chi connectivity index (χ1v) is 4.26. The van der Waals surface area contributed by atoms with Gasteiger partial charge in [-0.25, -0.2) is 0 Å². The maximum atomic E-state index is 10.1. The van der Waals surface area contributed by atoms with Crippen LogP contribution >= 0.6 is 0 Å². The van der Waals surface area contributed by atoms with Crippen molar-refractivity contribution in [1.29, 1.82) is 0 Å². The number of rotatable bonds is 5. The zero-order valence-electron chi connectivity index (χ0n) is 8.95. The summed E-state index contributed by atoms with van der Waals surface area (Å²) >= 11 is 0. The topological polar surface area (TPSA) is 61.4 Å². The van der Waals surface area contributed by atoms with Crippen LogP contribution in [0.1, 0.15) is 5.56 Å². The molecule has 1 aromatic carbocycles. The molecule has 0 amide bonds. The van der Waals surface area contributed by atoms with E-state index in [1.807, 2.05) is 24.3 Å². The van der Waals surface area contributed by atoms with Gasteiger partial charge >= 0.3 is 29.6 Å². The van der Waals surface area contributed by atoms with E-state index in [2.05, 4.69) is 5.32 Å². The van der Waals surface area contributed by atoms with E-state index in [-0.39, 0.29) is 36.1 Å². The van der Waals surface area contributed by atoms with Gasteiger partial charge in [-0.05, 0) is 6.07 Å². The van der Waals surface area contributed by atoms with Crippen molar-refractivity contribution < 1.29 is 44.2 Å². The largest absolute Gasteiger partial charge is 1.00 e. The van der Waals surface area contributed by atoms with Gasteiger partial charge in [0.25, 0.3) is 0 Å². The molecule has 0 aliphatic carbocycles. The van der Waals surface area contributed by atoms with E-state index >= 15 is 0 Å². The average molecular weight is 217 g/mol. The fourth-order valence-electron chi connectivity index (χ4n) is 1.15. The number of hydrogen-bond acceptors (Lipinski definition) is 4. The number of aliphatic carboxylic acids is 1. The van der Waals surface area contributed by atoms with Crippen LogP contribution in [0, 0.1) is 0 Å². The summed E-state index contributed by atoms with van der Waals surface area (Å²) in [6, 6.07) is 7.44. The van der Waals surface area contributed by atoms with Crippen molar-refractivity contribution in [3.63, 3.8) is 0 Å². The minimum absolute atomic E-state index is 0. The van der Waals surface area contributed by atoms with Crippen LogP contribution in [0.25, 0.3) is 0 Å². The Kier molecular flexibility index (Phi) is 7.42. The molecule has 0 aliphatic rings. The fourth-order valence-corrected chi connectivity index (χ4v) is 1.15. The van der Waals surface area contributed by atoms with E-state index < -0.39 is 5.97 Å². The molecule has 0 bridgehead atoms. The monoisotopic (exact) mass is 217 g/mol. The van der Waals surface area contributed by atoms with Gasteiger partial charge in [-0.3, -0.25) is 0 Å². The van der Waals surface area contributed by atoms with Crippen LogP contribution in [0.15, 0.2) is 24.3 Å². The zero-order valence-corrected chi connectivity index (χ0v) is 10.9. The summed E-state index contributed by atoms with van der Waals surface area (Å²) < 4.78 is 5.10. The number of ether oxygens (including phenoxy) is 1. The van der Waals surface area contributed by atoms with Gasteiger partial charge in [0.1, 0.15) is 5.75 Å². The first-order valence-electron chi connectivity index (χ1n) is 4.26. The van der Waals surface area contributed by atoms with E-state index in [0.717, 1.165) is 11.3 Å². The fraction of sp³-hybridized carbons (Fsp3) is 0.300. The standard InChI is InChI=1S/C10H13NO3.Na/c1-14-9-5-3-2-4-8(9)6-11-7-10(12)13;/h2-5,11H,6-7H2,1H3,(H,12,13);/q;+1/p-1. The van der Waals surface area contributed by atoms with Crippen molar-refractivity contribution in [2.75, 3.05) is 13.7 Å². The molecule has 0 saturated heterocycles. The minimum Gasteiger partial charge on any atom is -0.549 e. The third-order valence-electron chi connectivity index (χ3n) is 1.78. The Labute approximate surface area is 111 Å². The van der Waals surface area contributed by atoms with Gasteiger partial charge in [0, 0.05) is 18.7 Å². The zero-order chi connectivity index (χ0) is 10.4. The SMILES string of the molecule is COc1ccccc1CNCC(=O)[O-].[Na+]. The van der Waals surface area contributed by atoms with Gasteiger partial charge in [-0.1, -0.05) is 18.2 Å². The molecule has 5 heteroatoms. The Morgan fingerprint density at radius 1 is 1.47 bits per heavy atom. The third-order valence-corrected chi connectivity index (χ3v) is 1.78. The minimum atomic E-state index is -1.11. The molecule has 0 fully saturated rings. The van der Waals surface area contributed by atoms with Crippen LogP contribution in [-0.4, -0.2) is 19.6 Å². The molecule has 1 rings (SSSR count). The van der Waals surface area contributed by atoms with E-state index in [0.29, 0.717) is 6.54 Å². The number of para-hydroxylation sites is 1. The number of benzene rings is 1. The molecular formula is C10H12NNaO3. The summed E-state index contributed by atoms with van der Waals surface area (Å²) in [5, 5.41) is 12.9. The molecule has 0 atom stereocenters. The van der Waals surface area contributed by atoms with E-state index in [9.17, 15) is 9.90 Å². The van der Waals surface area contributed by atoms with E-state index in [1.54, 1.807) is 7.11 Å². The second-order valence-electron chi connectivity index (χ2n) is 2.79. The van der Waals surface area contributed by atoms with Crippen LogP contribution in [0.5, 0.6) is 5.75 Å². The smallest absolute Gasteiger partial charge is 0.549 e. The molecule has 0 heterocycles. The van der Waals surface area contributed by atoms with Crippen molar-refractivity contribution >= 4 is 5.97 Å². The number of carboxylic acid groups (broad SMARTS) is 1. The van der Waals surface area contributed by atoms with E-state index in [1.165, 1.54) is 0 Å². The summed E-state index contributed by atoms with van der Waals surface area (Å²) in [5.74, 6) is -0.363. The number of carbonyl (C=O) groups is 1. The van der Waals surface area contributed by atoms with Crippen molar-refractivity contribution in [1.82, 2.24) is 5.32 Å². The molecule has 76 valence electrons. The van der Waals surface area contributed by atoms with Gasteiger partial charge in [0.15, 0.2) is 0 Å². The molecule has 15 heavy (non-hydrogen) atoms. The molecule has 0 aliphatic heterocycles. The molecule has 1 aromatic rings. The number of hydrogen-bond donors (Lipinski definition) is 1. The second kappa shape index (κ2) is 7.70. The summed E-state index contributed by atoms with van der Waals surface area (Å²) in [6.45, 7) is 0.302. The molecule has 4 nitrogen and oxygen atoms in total. The summed E-state index contributed by atoms with van der Waals surface area (Å²) in [6.07, 6.45) is 0. The number of methoxy groups -OCH3 is 1. The Hall–Kier alpha value is -0.550. The Morgan fingerprint density at radius 2 is 2.13 bits per heavy atom. The maximum Gasteiger partial charge on any atom is 1.00 e.